The van der Waals surface area contributed by atoms with E-state index in [9.17, 15) is 0 Å². The molecule has 78 valence electrons. The molecule has 1 atom stereocenters. The number of rotatable bonds is 2. The molecule has 1 aromatic rings. The summed E-state index contributed by atoms with van der Waals surface area (Å²) in [5.41, 5.74) is 6.75. The third-order valence-corrected chi connectivity index (χ3v) is 4.08. The predicted octanol–water partition coefficient (Wildman–Crippen LogP) is 1.90. The fourth-order valence-corrected chi connectivity index (χ4v) is 3.01. The summed E-state index contributed by atoms with van der Waals surface area (Å²) in [6.45, 7) is 6.08. The molecule has 0 aromatic carbocycles. The van der Waals surface area contributed by atoms with Gasteiger partial charge in [-0.3, -0.25) is 0 Å². The van der Waals surface area contributed by atoms with Crippen molar-refractivity contribution in [3.8, 4) is 0 Å². The van der Waals surface area contributed by atoms with Gasteiger partial charge in [-0.25, -0.2) is 4.98 Å². The largest absolute Gasteiger partial charge is 0.345 e. The van der Waals surface area contributed by atoms with Gasteiger partial charge in [0.15, 0.2) is 5.13 Å². The molecule has 0 aliphatic carbocycles. The van der Waals surface area contributed by atoms with E-state index in [2.05, 4.69) is 16.8 Å². The second kappa shape index (κ2) is 3.87. The Morgan fingerprint density at radius 3 is 2.93 bits per heavy atom. The van der Waals surface area contributed by atoms with Gasteiger partial charge in [0.2, 0.25) is 0 Å². The smallest absolute Gasteiger partial charge is 0.186 e. The summed E-state index contributed by atoms with van der Waals surface area (Å²) in [5, 5.41) is 1.16. The quantitative estimate of drug-likeness (QED) is 0.812. The first-order valence-electron chi connectivity index (χ1n) is 5.15. The highest BCUT2D eigenvalue weighted by molar-refractivity contribution is 7.15. The monoisotopic (exact) mass is 211 g/mol. The maximum Gasteiger partial charge on any atom is 0.186 e. The molecule has 2 rings (SSSR count). The number of hydrogen-bond acceptors (Lipinski definition) is 4. The first kappa shape index (κ1) is 9.93. The summed E-state index contributed by atoms with van der Waals surface area (Å²) in [5.74, 6) is 0. The van der Waals surface area contributed by atoms with Crippen LogP contribution < -0.4 is 10.6 Å². The Morgan fingerprint density at radius 2 is 2.43 bits per heavy atom. The van der Waals surface area contributed by atoms with Crippen LogP contribution in [0.25, 0.3) is 0 Å². The van der Waals surface area contributed by atoms with Crippen LogP contribution in [-0.2, 0) is 6.54 Å². The predicted molar refractivity (Wildman–Crippen MR) is 60.8 cm³/mol. The first-order valence-corrected chi connectivity index (χ1v) is 5.97. The molecule has 3 nitrogen and oxygen atoms in total. The minimum absolute atomic E-state index is 0.617. The molecule has 1 unspecified atom stereocenters. The van der Waals surface area contributed by atoms with E-state index in [1.165, 1.54) is 17.7 Å². The van der Waals surface area contributed by atoms with Crippen molar-refractivity contribution in [1.29, 1.82) is 0 Å². The summed E-state index contributed by atoms with van der Waals surface area (Å²) in [6.07, 6.45) is 2.58. The number of anilines is 1. The number of thiazole rings is 1. The molecule has 0 amide bonds. The average Bonchev–Trinajstić information content (AvgIpc) is 2.71. The lowest BCUT2D eigenvalue weighted by atomic mass is 10.2. The fraction of sp³-hybridized carbons (Fsp3) is 0.700. The minimum Gasteiger partial charge on any atom is -0.345 e. The molecule has 2 heterocycles. The van der Waals surface area contributed by atoms with Gasteiger partial charge >= 0.3 is 0 Å². The van der Waals surface area contributed by atoms with E-state index in [0.29, 0.717) is 12.6 Å². The minimum atomic E-state index is 0.617. The van der Waals surface area contributed by atoms with Gasteiger partial charge in [-0.2, -0.15) is 0 Å². The molecule has 2 N–H and O–H groups in total. The van der Waals surface area contributed by atoms with Gasteiger partial charge in [-0.05, 0) is 26.7 Å². The summed E-state index contributed by atoms with van der Waals surface area (Å²) in [6, 6.07) is 0.645. The van der Waals surface area contributed by atoms with Crippen LogP contribution in [-0.4, -0.2) is 17.6 Å². The highest BCUT2D eigenvalue weighted by Gasteiger charge is 2.23. The topological polar surface area (TPSA) is 42.2 Å². The molecular weight excluding hydrogens is 194 g/mol. The van der Waals surface area contributed by atoms with E-state index in [-0.39, 0.29) is 0 Å². The molecular formula is C10H17N3S. The molecule has 0 bridgehead atoms. The van der Waals surface area contributed by atoms with Crippen LogP contribution in [0.1, 0.15) is 30.3 Å². The Hall–Kier alpha value is -0.610. The summed E-state index contributed by atoms with van der Waals surface area (Å²) < 4.78 is 0. The number of nitrogens with zero attached hydrogens (tertiary/aromatic N) is 2. The molecule has 14 heavy (non-hydrogen) atoms. The molecule has 1 saturated heterocycles. The molecule has 1 aromatic heterocycles. The fourth-order valence-electron chi connectivity index (χ4n) is 1.94. The SMILES string of the molecule is Cc1nc(N2CCCC2C)sc1CN. The molecule has 4 heteroatoms. The van der Waals surface area contributed by atoms with Gasteiger partial charge < -0.3 is 10.6 Å². The maximum atomic E-state index is 5.65. The third kappa shape index (κ3) is 1.64. The van der Waals surface area contributed by atoms with Gasteiger partial charge in [0, 0.05) is 24.0 Å². The van der Waals surface area contributed by atoms with E-state index in [1.54, 1.807) is 11.3 Å². The van der Waals surface area contributed by atoms with Crippen molar-refractivity contribution in [3.05, 3.63) is 10.6 Å². The van der Waals surface area contributed by atoms with E-state index >= 15 is 0 Å². The van der Waals surface area contributed by atoms with Gasteiger partial charge in [0.1, 0.15) is 0 Å². The maximum absolute atomic E-state index is 5.65. The first-order chi connectivity index (χ1) is 6.72. The number of aromatic nitrogens is 1. The van der Waals surface area contributed by atoms with Crippen LogP contribution in [0.4, 0.5) is 5.13 Å². The van der Waals surface area contributed by atoms with Gasteiger partial charge in [0.25, 0.3) is 0 Å². The third-order valence-electron chi connectivity index (χ3n) is 2.87. The van der Waals surface area contributed by atoms with Crippen molar-refractivity contribution < 1.29 is 0 Å². The normalized spacial score (nSPS) is 21.9. The molecule has 1 fully saturated rings. The van der Waals surface area contributed by atoms with Crippen molar-refractivity contribution in [3.63, 3.8) is 0 Å². The Bertz CT molecular complexity index is 321. The van der Waals surface area contributed by atoms with Crippen molar-refractivity contribution in [1.82, 2.24) is 4.98 Å². The number of aryl methyl sites for hydroxylation is 1. The standard InChI is InChI=1S/C10H17N3S/c1-7-4-3-5-13(7)10-12-8(2)9(6-11)14-10/h7H,3-6,11H2,1-2H3. The molecule has 0 saturated carbocycles. The molecule has 1 aliphatic heterocycles. The van der Waals surface area contributed by atoms with E-state index in [1.807, 2.05) is 6.92 Å². The second-order valence-corrected chi connectivity index (χ2v) is 4.96. The lowest BCUT2D eigenvalue weighted by Gasteiger charge is -2.19. The van der Waals surface area contributed by atoms with Gasteiger partial charge in [-0.1, -0.05) is 0 Å². The van der Waals surface area contributed by atoms with Crippen molar-refractivity contribution in [2.24, 2.45) is 5.73 Å². The zero-order valence-electron chi connectivity index (χ0n) is 8.79. The lowest BCUT2D eigenvalue weighted by Crippen LogP contribution is -2.25. The molecule has 0 spiro atoms. The van der Waals surface area contributed by atoms with Crippen LogP contribution in [0.15, 0.2) is 0 Å². The average molecular weight is 211 g/mol. The zero-order valence-corrected chi connectivity index (χ0v) is 9.60. The molecule has 1 aliphatic rings. The highest BCUT2D eigenvalue weighted by atomic mass is 32.1. The van der Waals surface area contributed by atoms with Gasteiger partial charge in [-0.15, -0.1) is 11.3 Å². The van der Waals surface area contributed by atoms with E-state index in [4.69, 9.17) is 5.73 Å². The number of nitrogens with two attached hydrogens (primary N) is 1. The summed E-state index contributed by atoms with van der Waals surface area (Å²) >= 11 is 1.75. The van der Waals surface area contributed by atoms with Crippen LogP contribution in [0.2, 0.25) is 0 Å². The van der Waals surface area contributed by atoms with Crippen LogP contribution in [0, 0.1) is 6.92 Å². The Balaban J connectivity index is 2.23. The van der Waals surface area contributed by atoms with E-state index in [0.717, 1.165) is 17.4 Å². The van der Waals surface area contributed by atoms with Crippen molar-refractivity contribution >= 4 is 16.5 Å². The van der Waals surface area contributed by atoms with Crippen LogP contribution >= 0.6 is 11.3 Å². The van der Waals surface area contributed by atoms with E-state index < -0.39 is 0 Å². The van der Waals surface area contributed by atoms with Crippen molar-refractivity contribution in [2.75, 3.05) is 11.4 Å². The Labute approximate surface area is 88.9 Å². The van der Waals surface area contributed by atoms with Crippen molar-refractivity contribution in [2.45, 2.75) is 39.3 Å². The second-order valence-electron chi connectivity index (χ2n) is 3.89. The highest BCUT2D eigenvalue weighted by Crippen LogP contribution is 2.30. The number of hydrogen-bond donors (Lipinski definition) is 1. The Morgan fingerprint density at radius 1 is 1.64 bits per heavy atom. The zero-order chi connectivity index (χ0) is 10.1. The summed E-state index contributed by atoms with van der Waals surface area (Å²) in [7, 11) is 0. The Kier molecular flexibility index (Phi) is 2.74. The lowest BCUT2D eigenvalue weighted by molar-refractivity contribution is 0.732. The van der Waals surface area contributed by atoms with Crippen LogP contribution in [0.3, 0.4) is 0 Å². The van der Waals surface area contributed by atoms with Crippen LogP contribution in [0.5, 0.6) is 0 Å². The summed E-state index contributed by atoms with van der Waals surface area (Å²) in [4.78, 5) is 8.20. The molecule has 0 radical (unpaired) electrons. The van der Waals surface area contributed by atoms with Gasteiger partial charge in [0.05, 0.1) is 5.69 Å².